The third-order valence-electron chi connectivity index (χ3n) is 3.02. The summed E-state index contributed by atoms with van der Waals surface area (Å²) in [6.45, 7) is 4.27. The minimum absolute atomic E-state index is 0.206. The zero-order valence-electron chi connectivity index (χ0n) is 10.7. The molecule has 94 valence electrons. The van der Waals surface area contributed by atoms with Gasteiger partial charge in [-0.3, -0.25) is 0 Å². The van der Waals surface area contributed by atoms with E-state index in [1.165, 1.54) is 11.1 Å². The Morgan fingerprint density at radius 3 is 2.56 bits per heavy atom. The van der Waals surface area contributed by atoms with Crippen LogP contribution in [0, 0.1) is 0 Å². The van der Waals surface area contributed by atoms with Gasteiger partial charge in [-0.1, -0.05) is 42.8 Å². The van der Waals surface area contributed by atoms with Crippen molar-refractivity contribution in [3.05, 3.63) is 58.9 Å². The predicted molar refractivity (Wildman–Crippen MR) is 77.1 cm³/mol. The minimum atomic E-state index is 0.206. The molecule has 0 aliphatic rings. The number of hydrogen-bond acceptors (Lipinski definition) is 2. The summed E-state index contributed by atoms with van der Waals surface area (Å²) in [7, 11) is 0. The van der Waals surface area contributed by atoms with E-state index in [2.05, 4.69) is 48.4 Å². The lowest BCUT2D eigenvalue weighted by molar-refractivity contribution is 0.881. The van der Waals surface area contributed by atoms with Crippen molar-refractivity contribution in [3.8, 4) is 0 Å². The maximum absolute atomic E-state index is 6.03. The van der Waals surface area contributed by atoms with Crippen molar-refractivity contribution in [1.82, 2.24) is 4.98 Å². The number of aromatic nitrogens is 1. The highest BCUT2D eigenvalue weighted by Crippen LogP contribution is 2.24. The highest BCUT2D eigenvalue weighted by molar-refractivity contribution is 6.31. The zero-order valence-corrected chi connectivity index (χ0v) is 11.4. The molecular weight excluding hydrogens is 244 g/mol. The van der Waals surface area contributed by atoms with E-state index in [1.54, 1.807) is 6.20 Å². The average molecular weight is 261 g/mol. The van der Waals surface area contributed by atoms with Crippen LogP contribution in [0.2, 0.25) is 5.15 Å². The highest BCUT2D eigenvalue weighted by atomic mass is 35.5. The highest BCUT2D eigenvalue weighted by Gasteiger charge is 2.07. The summed E-state index contributed by atoms with van der Waals surface area (Å²) in [6.07, 6.45) is 2.75. The van der Waals surface area contributed by atoms with Gasteiger partial charge in [0.2, 0.25) is 0 Å². The molecule has 1 aromatic carbocycles. The molecule has 2 rings (SSSR count). The number of anilines is 1. The zero-order chi connectivity index (χ0) is 13.0. The van der Waals surface area contributed by atoms with Gasteiger partial charge in [-0.25, -0.2) is 4.98 Å². The van der Waals surface area contributed by atoms with Crippen molar-refractivity contribution >= 4 is 17.3 Å². The minimum Gasteiger partial charge on any atom is -0.376 e. The first-order valence-corrected chi connectivity index (χ1v) is 6.54. The standard InChI is InChI=1S/C15H17ClN2/c1-3-12-6-8-13(9-7-12)11(2)18-14-5-4-10-17-15(14)16/h4-11,18H,3H2,1-2H3. The molecule has 0 bridgehead atoms. The Bertz CT molecular complexity index is 508. The van der Waals surface area contributed by atoms with Gasteiger partial charge in [0.15, 0.2) is 5.15 Å². The molecule has 2 nitrogen and oxygen atoms in total. The van der Waals surface area contributed by atoms with E-state index in [0.29, 0.717) is 5.15 Å². The average Bonchev–Trinajstić information content (AvgIpc) is 2.41. The summed E-state index contributed by atoms with van der Waals surface area (Å²) < 4.78 is 0. The normalized spacial score (nSPS) is 12.2. The van der Waals surface area contributed by atoms with Crippen molar-refractivity contribution in [2.24, 2.45) is 0 Å². The smallest absolute Gasteiger partial charge is 0.152 e. The first kappa shape index (κ1) is 12.9. The number of hydrogen-bond donors (Lipinski definition) is 1. The van der Waals surface area contributed by atoms with E-state index in [0.717, 1.165) is 12.1 Å². The van der Waals surface area contributed by atoms with Crippen LogP contribution in [-0.2, 0) is 6.42 Å². The fourth-order valence-electron chi connectivity index (χ4n) is 1.85. The lowest BCUT2D eigenvalue weighted by Gasteiger charge is -2.16. The number of rotatable bonds is 4. The van der Waals surface area contributed by atoms with Gasteiger partial charge in [-0.15, -0.1) is 0 Å². The molecule has 0 aliphatic heterocycles. The largest absolute Gasteiger partial charge is 0.376 e. The van der Waals surface area contributed by atoms with Crippen LogP contribution in [0.4, 0.5) is 5.69 Å². The molecule has 3 heteroatoms. The van der Waals surface area contributed by atoms with Crippen LogP contribution in [0.15, 0.2) is 42.6 Å². The van der Waals surface area contributed by atoms with Gasteiger partial charge in [0, 0.05) is 12.2 Å². The fraction of sp³-hybridized carbons (Fsp3) is 0.267. The number of halogens is 1. The summed E-state index contributed by atoms with van der Waals surface area (Å²) in [5.74, 6) is 0. The van der Waals surface area contributed by atoms with Crippen molar-refractivity contribution in [2.75, 3.05) is 5.32 Å². The topological polar surface area (TPSA) is 24.9 Å². The molecule has 1 heterocycles. The summed E-state index contributed by atoms with van der Waals surface area (Å²) >= 11 is 6.03. The third-order valence-corrected chi connectivity index (χ3v) is 3.32. The lowest BCUT2D eigenvalue weighted by Crippen LogP contribution is -2.07. The molecule has 1 unspecified atom stereocenters. The number of nitrogens with one attached hydrogen (secondary N) is 1. The van der Waals surface area contributed by atoms with Crippen molar-refractivity contribution in [3.63, 3.8) is 0 Å². The van der Waals surface area contributed by atoms with E-state index >= 15 is 0 Å². The molecule has 1 aromatic heterocycles. The van der Waals surface area contributed by atoms with Crippen molar-refractivity contribution in [2.45, 2.75) is 26.3 Å². The van der Waals surface area contributed by atoms with E-state index < -0.39 is 0 Å². The monoisotopic (exact) mass is 260 g/mol. The SMILES string of the molecule is CCc1ccc(C(C)Nc2cccnc2Cl)cc1. The van der Waals surface area contributed by atoms with Crippen LogP contribution in [0.5, 0.6) is 0 Å². The van der Waals surface area contributed by atoms with E-state index in [1.807, 2.05) is 12.1 Å². The summed E-state index contributed by atoms with van der Waals surface area (Å²) in [6, 6.07) is 12.7. The maximum atomic E-state index is 6.03. The Hall–Kier alpha value is -1.54. The van der Waals surface area contributed by atoms with Crippen LogP contribution in [0.1, 0.15) is 31.0 Å². The molecule has 2 aromatic rings. The predicted octanol–water partition coefficient (Wildman–Crippen LogP) is 4.47. The van der Waals surface area contributed by atoms with Crippen LogP contribution in [-0.4, -0.2) is 4.98 Å². The summed E-state index contributed by atoms with van der Waals surface area (Å²) in [4.78, 5) is 4.06. The van der Waals surface area contributed by atoms with Gasteiger partial charge in [0.1, 0.15) is 0 Å². The Morgan fingerprint density at radius 1 is 1.22 bits per heavy atom. The molecular formula is C15H17ClN2. The van der Waals surface area contributed by atoms with E-state index in [4.69, 9.17) is 11.6 Å². The Balaban J connectivity index is 2.11. The second-order valence-electron chi connectivity index (χ2n) is 4.30. The second kappa shape index (κ2) is 5.87. The number of aryl methyl sites for hydroxylation is 1. The van der Waals surface area contributed by atoms with Crippen LogP contribution in [0.25, 0.3) is 0 Å². The van der Waals surface area contributed by atoms with Gasteiger partial charge in [0.25, 0.3) is 0 Å². The maximum Gasteiger partial charge on any atom is 0.152 e. The van der Waals surface area contributed by atoms with E-state index in [9.17, 15) is 0 Å². The summed E-state index contributed by atoms with van der Waals surface area (Å²) in [5, 5.41) is 3.88. The Morgan fingerprint density at radius 2 is 1.94 bits per heavy atom. The lowest BCUT2D eigenvalue weighted by atomic mass is 10.0. The number of pyridine rings is 1. The van der Waals surface area contributed by atoms with Crippen LogP contribution >= 0.6 is 11.6 Å². The third kappa shape index (κ3) is 3.02. The molecule has 0 fully saturated rings. The molecule has 0 radical (unpaired) electrons. The molecule has 0 aliphatic carbocycles. The molecule has 0 saturated carbocycles. The molecule has 0 amide bonds. The Labute approximate surface area is 113 Å². The van der Waals surface area contributed by atoms with Crippen LogP contribution < -0.4 is 5.32 Å². The molecule has 1 atom stereocenters. The number of benzene rings is 1. The molecule has 0 spiro atoms. The van der Waals surface area contributed by atoms with Crippen molar-refractivity contribution < 1.29 is 0 Å². The quantitative estimate of drug-likeness (QED) is 0.821. The van der Waals surface area contributed by atoms with Gasteiger partial charge in [0.05, 0.1) is 5.69 Å². The van der Waals surface area contributed by atoms with Crippen molar-refractivity contribution in [1.29, 1.82) is 0 Å². The van der Waals surface area contributed by atoms with E-state index in [-0.39, 0.29) is 6.04 Å². The molecule has 18 heavy (non-hydrogen) atoms. The first-order chi connectivity index (χ1) is 8.70. The van der Waals surface area contributed by atoms with Gasteiger partial charge in [-0.2, -0.15) is 0 Å². The van der Waals surface area contributed by atoms with Crippen LogP contribution in [0.3, 0.4) is 0 Å². The van der Waals surface area contributed by atoms with Gasteiger partial charge in [-0.05, 0) is 36.6 Å². The molecule has 1 N–H and O–H groups in total. The van der Waals surface area contributed by atoms with Gasteiger partial charge < -0.3 is 5.32 Å². The summed E-state index contributed by atoms with van der Waals surface area (Å²) in [5.41, 5.74) is 3.46. The molecule has 0 saturated heterocycles. The fourth-order valence-corrected chi connectivity index (χ4v) is 2.03. The first-order valence-electron chi connectivity index (χ1n) is 6.16. The number of nitrogens with zero attached hydrogens (tertiary/aromatic N) is 1. The Kier molecular flexibility index (Phi) is 4.21. The van der Waals surface area contributed by atoms with Gasteiger partial charge >= 0.3 is 0 Å². The second-order valence-corrected chi connectivity index (χ2v) is 4.66.